The third kappa shape index (κ3) is 2.86. The summed E-state index contributed by atoms with van der Waals surface area (Å²) in [7, 11) is 0. The van der Waals surface area contributed by atoms with Gasteiger partial charge in [0.1, 0.15) is 5.75 Å². The van der Waals surface area contributed by atoms with Gasteiger partial charge in [-0.25, -0.2) is 14.8 Å². The Morgan fingerprint density at radius 1 is 1.43 bits per heavy atom. The lowest BCUT2D eigenvalue weighted by atomic mass is 10.1. The molecule has 3 rings (SSSR count). The van der Waals surface area contributed by atoms with Crippen molar-refractivity contribution in [3.05, 3.63) is 41.7 Å². The molecule has 0 amide bonds. The van der Waals surface area contributed by atoms with Gasteiger partial charge in [0.25, 0.3) is 0 Å². The maximum atomic E-state index is 11.2. The Morgan fingerprint density at radius 2 is 2.24 bits per heavy atom. The maximum absolute atomic E-state index is 11.2. The number of carboxylic acid groups (broad SMARTS) is 1. The Kier molecular flexibility index (Phi) is 3.56. The lowest BCUT2D eigenvalue weighted by Crippen LogP contribution is -2.06. The van der Waals surface area contributed by atoms with Gasteiger partial charge in [0.15, 0.2) is 5.82 Å². The first-order valence-electron chi connectivity index (χ1n) is 7.02. The number of nitrogens with zero attached hydrogens (tertiary/aromatic N) is 2. The van der Waals surface area contributed by atoms with E-state index in [4.69, 9.17) is 4.74 Å². The molecule has 1 heterocycles. The fraction of sp³-hybridized carbons (Fsp3) is 0.312. The molecule has 0 atom stereocenters. The molecule has 1 aliphatic rings. The molecular formula is C16H16N2O3. The second-order valence-corrected chi connectivity index (χ2v) is 5.03. The van der Waals surface area contributed by atoms with Crippen LogP contribution in [-0.2, 0) is 0 Å². The molecule has 1 aliphatic carbocycles. The predicted octanol–water partition coefficient (Wildman–Crippen LogP) is 3.12. The molecule has 0 spiro atoms. The average Bonchev–Trinajstić information content (AvgIpc) is 3.32. The van der Waals surface area contributed by atoms with E-state index >= 15 is 0 Å². The first-order chi connectivity index (χ1) is 10.2. The highest BCUT2D eigenvalue weighted by Crippen LogP contribution is 2.41. The van der Waals surface area contributed by atoms with E-state index < -0.39 is 5.97 Å². The smallest absolute Gasteiger partial charge is 0.339 e. The summed E-state index contributed by atoms with van der Waals surface area (Å²) in [5, 5.41) is 9.22. The Balaban J connectivity index is 2.00. The highest BCUT2D eigenvalue weighted by atomic mass is 16.5. The van der Waals surface area contributed by atoms with E-state index in [1.807, 2.05) is 31.2 Å². The molecule has 1 aromatic heterocycles. The number of hydrogen-bond donors (Lipinski definition) is 1. The van der Waals surface area contributed by atoms with Crippen molar-refractivity contribution in [2.24, 2.45) is 0 Å². The standard InChI is InChI=1S/C16H16N2O3/c1-2-21-12-5-3-4-11(8-12)15-17-9-13(16(19)20)14(18-15)10-6-7-10/h3-5,8-10H,2,6-7H2,1H3,(H,19,20). The van der Waals surface area contributed by atoms with Crippen molar-refractivity contribution in [3.8, 4) is 17.1 Å². The minimum atomic E-state index is -0.966. The van der Waals surface area contributed by atoms with Crippen molar-refractivity contribution < 1.29 is 14.6 Å². The van der Waals surface area contributed by atoms with E-state index in [-0.39, 0.29) is 11.5 Å². The van der Waals surface area contributed by atoms with Crippen LogP contribution < -0.4 is 4.74 Å². The molecule has 108 valence electrons. The van der Waals surface area contributed by atoms with E-state index in [0.717, 1.165) is 24.2 Å². The molecule has 5 heteroatoms. The summed E-state index contributed by atoms with van der Waals surface area (Å²) in [5.74, 6) is 0.594. The number of benzene rings is 1. The molecule has 0 aliphatic heterocycles. The molecule has 5 nitrogen and oxygen atoms in total. The van der Waals surface area contributed by atoms with Crippen LogP contribution in [0.5, 0.6) is 5.75 Å². The third-order valence-electron chi connectivity index (χ3n) is 3.42. The van der Waals surface area contributed by atoms with Crippen LogP contribution in [0.2, 0.25) is 0 Å². The Morgan fingerprint density at radius 3 is 2.90 bits per heavy atom. The van der Waals surface area contributed by atoms with Crippen LogP contribution >= 0.6 is 0 Å². The van der Waals surface area contributed by atoms with E-state index in [9.17, 15) is 9.90 Å². The largest absolute Gasteiger partial charge is 0.494 e. The lowest BCUT2D eigenvalue weighted by Gasteiger charge is -2.08. The molecule has 1 fully saturated rings. The van der Waals surface area contributed by atoms with E-state index in [2.05, 4.69) is 9.97 Å². The molecule has 0 unspecified atom stereocenters. The summed E-state index contributed by atoms with van der Waals surface area (Å²) in [4.78, 5) is 19.9. The van der Waals surface area contributed by atoms with Crippen LogP contribution in [0.25, 0.3) is 11.4 Å². The van der Waals surface area contributed by atoms with Crippen LogP contribution in [0.15, 0.2) is 30.5 Å². The number of carboxylic acids is 1. The van der Waals surface area contributed by atoms with Crippen molar-refractivity contribution in [2.45, 2.75) is 25.7 Å². The molecule has 1 aromatic carbocycles. The Labute approximate surface area is 122 Å². The SMILES string of the molecule is CCOc1cccc(-c2ncc(C(=O)O)c(C3CC3)n2)c1. The lowest BCUT2D eigenvalue weighted by molar-refractivity contribution is 0.0694. The molecule has 1 saturated carbocycles. The number of carbonyl (C=O) groups is 1. The van der Waals surface area contributed by atoms with Crippen molar-refractivity contribution in [2.75, 3.05) is 6.61 Å². The second-order valence-electron chi connectivity index (χ2n) is 5.03. The molecule has 1 N–H and O–H groups in total. The predicted molar refractivity (Wildman–Crippen MR) is 77.6 cm³/mol. The van der Waals surface area contributed by atoms with Gasteiger partial charge in [-0.05, 0) is 31.9 Å². The van der Waals surface area contributed by atoms with E-state index in [1.54, 1.807) is 0 Å². The number of aromatic nitrogens is 2. The topological polar surface area (TPSA) is 72.3 Å². The monoisotopic (exact) mass is 284 g/mol. The fourth-order valence-electron chi connectivity index (χ4n) is 2.26. The van der Waals surface area contributed by atoms with Crippen molar-refractivity contribution >= 4 is 5.97 Å². The zero-order valence-corrected chi connectivity index (χ0v) is 11.7. The van der Waals surface area contributed by atoms with Gasteiger partial charge in [-0.3, -0.25) is 0 Å². The highest BCUT2D eigenvalue weighted by molar-refractivity contribution is 5.89. The van der Waals surface area contributed by atoms with Crippen LogP contribution in [-0.4, -0.2) is 27.7 Å². The third-order valence-corrected chi connectivity index (χ3v) is 3.42. The minimum Gasteiger partial charge on any atom is -0.494 e. The van der Waals surface area contributed by atoms with Crippen LogP contribution in [0.1, 0.15) is 41.7 Å². The average molecular weight is 284 g/mol. The first kappa shape index (κ1) is 13.5. The number of aromatic carboxylic acids is 1. The van der Waals surface area contributed by atoms with Crippen molar-refractivity contribution in [1.82, 2.24) is 9.97 Å². The highest BCUT2D eigenvalue weighted by Gasteiger charge is 2.30. The number of hydrogen-bond acceptors (Lipinski definition) is 4. The van der Waals surface area contributed by atoms with Gasteiger partial charge in [0.2, 0.25) is 0 Å². The summed E-state index contributed by atoms with van der Waals surface area (Å²) in [6, 6.07) is 7.52. The van der Waals surface area contributed by atoms with Gasteiger partial charge in [0.05, 0.1) is 17.9 Å². The quantitative estimate of drug-likeness (QED) is 0.913. The zero-order valence-electron chi connectivity index (χ0n) is 11.7. The summed E-state index contributed by atoms with van der Waals surface area (Å²) < 4.78 is 5.47. The normalized spacial score (nSPS) is 14.0. The van der Waals surface area contributed by atoms with E-state index in [1.165, 1.54) is 6.20 Å². The Bertz CT molecular complexity index is 681. The molecule has 21 heavy (non-hydrogen) atoms. The molecule has 0 bridgehead atoms. The van der Waals surface area contributed by atoms with Crippen molar-refractivity contribution in [1.29, 1.82) is 0 Å². The van der Waals surface area contributed by atoms with Gasteiger partial charge in [0, 0.05) is 17.7 Å². The second kappa shape index (κ2) is 5.52. The molecule has 0 radical (unpaired) electrons. The van der Waals surface area contributed by atoms with Gasteiger partial charge in [-0.1, -0.05) is 12.1 Å². The van der Waals surface area contributed by atoms with Gasteiger partial charge < -0.3 is 9.84 Å². The first-order valence-corrected chi connectivity index (χ1v) is 7.02. The van der Waals surface area contributed by atoms with Gasteiger partial charge in [-0.2, -0.15) is 0 Å². The summed E-state index contributed by atoms with van der Waals surface area (Å²) in [6.07, 6.45) is 3.40. The summed E-state index contributed by atoms with van der Waals surface area (Å²) >= 11 is 0. The summed E-state index contributed by atoms with van der Waals surface area (Å²) in [5.41, 5.74) is 1.69. The fourth-order valence-corrected chi connectivity index (χ4v) is 2.26. The van der Waals surface area contributed by atoms with Gasteiger partial charge >= 0.3 is 5.97 Å². The minimum absolute atomic E-state index is 0.210. The van der Waals surface area contributed by atoms with E-state index in [0.29, 0.717) is 18.1 Å². The van der Waals surface area contributed by atoms with Crippen LogP contribution in [0.4, 0.5) is 0 Å². The molecule has 0 saturated heterocycles. The molecular weight excluding hydrogens is 268 g/mol. The van der Waals surface area contributed by atoms with Crippen LogP contribution in [0, 0.1) is 0 Å². The van der Waals surface area contributed by atoms with Crippen molar-refractivity contribution in [3.63, 3.8) is 0 Å². The van der Waals surface area contributed by atoms with Gasteiger partial charge in [-0.15, -0.1) is 0 Å². The summed E-state index contributed by atoms with van der Waals surface area (Å²) in [6.45, 7) is 2.52. The number of rotatable bonds is 5. The molecule has 2 aromatic rings. The maximum Gasteiger partial charge on any atom is 0.339 e. The number of ether oxygens (including phenoxy) is 1. The zero-order chi connectivity index (χ0) is 14.8. The Hall–Kier alpha value is -2.43. The van der Waals surface area contributed by atoms with Crippen LogP contribution in [0.3, 0.4) is 0 Å².